The number of esters is 1. The monoisotopic (exact) mass is 285 g/mol. The highest BCUT2D eigenvalue weighted by Gasteiger charge is 2.11. The van der Waals surface area contributed by atoms with E-state index in [0.29, 0.717) is 6.42 Å². The predicted molar refractivity (Wildman–Crippen MR) is 81.5 cm³/mol. The minimum absolute atomic E-state index is 0.0197. The van der Waals surface area contributed by atoms with E-state index in [-0.39, 0.29) is 18.0 Å². The Morgan fingerprint density at radius 2 is 1.75 bits per heavy atom. The lowest BCUT2D eigenvalue weighted by Gasteiger charge is -2.15. The molecule has 1 unspecified atom stereocenters. The molecule has 1 atom stereocenters. The SMILES string of the molecule is CCCCC(CC)OC(=O)CCCCCCNC(C)=O. The number of ether oxygens (including phenoxy) is 1. The Kier molecular flexibility index (Phi) is 12.3. The van der Waals surface area contributed by atoms with Crippen LogP contribution in [0.2, 0.25) is 0 Å². The van der Waals surface area contributed by atoms with Crippen LogP contribution in [-0.4, -0.2) is 24.5 Å². The summed E-state index contributed by atoms with van der Waals surface area (Å²) in [5.74, 6) is -0.0407. The third kappa shape index (κ3) is 12.0. The third-order valence-corrected chi connectivity index (χ3v) is 3.31. The number of amides is 1. The Labute approximate surface area is 123 Å². The number of unbranched alkanes of at least 4 members (excludes halogenated alkanes) is 4. The zero-order valence-corrected chi connectivity index (χ0v) is 13.4. The first-order valence-corrected chi connectivity index (χ1v) is 8.04. The topological polar surface area (TPSA) is 55.4 Å². The van der Waals surface area contributed by atoms with Crippen LogP contribution in [0.25, 0.3) is 0 Å². The first-order valence-electron chi connectivity index (χ1n) is 8.04. The zero-order valence-electron chi connectivity index (χ0n) is 13.4. The van der Waals surface area contributed by atoms with Crippen molar-refractivity contribution in [1.82, 2.24) is 5.32 Å². The molecule has 1 amide bonds. The van der Waals surface area contributed by atoms with Crippen LogP contribution in [0.15, 0.2) is 0 Å². The number of hydrogen-bond donors (Lipinski definition) is 1. The van der Waals surface area contributed by atoms with Crippen LogP contribution in [0.1, 0.15) is 78.6 Å². The molecule has 0 rings (SSSR count). The van der Waals surface area contributed by atoms with Crippen LogP contribution in [0.5, 0.6) is 0 Å². The van der Waals surface area contributed by atoms with Gasteiger partial charge in [-0.2, -0.15) is 0 Å². The van der Waals surface area contributed by atoms with E-state index in [2.05, 4.69) is 19.2 Å². The lowest BCUT2D eigenvalue weighted by molar-refractivity contribution is -0.149. The average Bonchev–Trinajstić information content (AvgIpc) is 2.42. The van der Waals surface area contributed by atoms with Gasteiger partial charge >= 0.3 is 5.97 Å². The van der Waals surface area contributed by atoms with Gasteiger partial charge in [-0.3, -0.25) is 9.59 Å². The minimum atomic E-state index is -0.0604. The standard InChI is InChI=1S/C16H31NO3/c1-4-6-11-15(5-2)20-16(19)12-9-7-8-10-13-17-14(3)18/h15H,4-13H2,1-3H3,(H,17,18). The molecule has 20 heavy (non-hydrogen) atoms. The van der Waals surface area contributed by atoms with Crippen LogP contribution in [0.3, 0.4) is 0 Å². The van der Waals surface area contributed by atoms with Gasteiger partial charge in [0.2, 0.25) is 5.91 Å². The molecule has 0 aliphatic carbocycles. The number of hydrogen-bond acceptors (Lipinski definition) is 3. The van der Waals surface area contributed by atoms with Crippen molar-refractivity contribution in [3.05, 3.63) is 0 Å². The molecule has 0 radical (unpaired) electrons. The van der Waals surface area contributed by atoms with Gasteiger partial charge in [0.1, 0.15) is 6.10 Å². The molecule has 0 aromatic rings. The molecule has 0 aromatic heterocycles. The van der Waals surface area contributed by atoms with E-state index in [1.807, 2.05) is 0 Å². The van der Waals surface area contributed by atoms with Crippen molar-refractivity contribution in [2.45, 2.75) is 84.7 Å². The lowest BCUT2D eigenvalue weighted by atomic mass is 10.1. The maximum atomic E-state index is 11.7. The van der Waals surface area contributed by atoms with Gasteiger partial charge in [0.05, 0.1) is 0 Å². The normalized spacial score (nSPS) is 11.9. The molecular formula is C16H31NO3. The Morgan fingerprint density at radius 3 is 2.35 bits per heavy atom. The molecule has 0 aliphatic rings. The highest BCUT2D eigenvalue weighted by Crippen LogP contribution is 2.11. The Hall–Kier alpha value is -1.06. The second-order valence-electron chi connectivity index (χ2n) is 5.31. The molecule has 118 valence electrons. The number of rotatable bonds is 12. The van der Waals surface area contributed by atoms with Crippen molar-refractivity contribution in [2.75, 3.05) is 6.54 Å². The van der Waals surface area contributed by atoms with E-state index in [4.69, 9.17) is 4.74 Å². The fourth-order valence-corrected chi connectivity index (χ4v) is 2.04. The van der Waals surface area contributed by atoms with E-state index in [0.717, 1.165) is 57.9 Å². The maximum Gasteiger partial charge on any atom is 0.306 e. The first kappa shape index (κ1) is 18.9. The molecule has 0 spiro atoms. The summed E-state index contributed by atoms with van der Waals surface area (Å²) < 4.78 is 5.46. The Morgan fingerprint density at radius 1 is 1.05 bits per heavy atom. The van der Waals surface area contributed by atoms with E-state index in [1.54, 1.807) is 0 Å². The predicted octanol–water partition coefficient (Wildman–Crippen LogP) is 3.59. The molecule has 0 heterocycles. The molecule has 4 nitrogen and oxygen atoms in total. The summed E-state index contributed by atoms with van der Waals surface area (Å²) in [6.07, 6.45) is 8.67. The van der Waals surface area contributed by atoms with Crippen molar-refractivity contribution in [1.29, 1.82) is 0 Å². The molecule has 0 saturated heterocycles. The minimum Gasteiger partial charge on any atom is -0.462 e. The molecule has 0 fully saturated rings. The number of nitrogens with one attached hydrogen (secondary N) is 1. The van der Waals surface area contributed by atoms with E-state index >= 15 is 0 Å². The first-order chi connectivity index (χ1) is 9.60. The number of carbonyl (C=O) groups is 2. The smallest absolute Gasteiger partial charge is 0.306 e. The largest absolute Gasteiger partial charge is 0.462 e. The summed E-state index contributed by atoms with van der Waals surface area (Å²) in [4.78, 5) is 22.3. The van der Waals surface area contributed by atoms with Crippen LogP contribution < -0.4 is 5.32 Å². The van der Waals surface area contributed by atoms with E-state index < -0.39 is 0 Å². The number of carbonyl (C=O) groups excluding carboxylic acids is 2. The average molecular weight is 285 g/mol. The van der Waals surface area contributed by atoms with Gasteiger partial charge in [-0.05, 0) is 25.7 Å². The molecule has 0 bridgehead atoms. The second-order valence-corrected chi connectivity index (χ2v) is 5.31. The molecule has 1 N–H and O–H groups in total. The molecular weight excluding hydrogens is 254 g/mol. The molecule has 4 heteroatoms. The summed E-state index contributed by atoms with van der Waals surface area (Å²) in [6.45, 7) is 6.47. The third-order valence-electron chi connectivity index (χ3n) is 3.31. The van der Waals surface area contributed by atoms with Gasteiger partial charge in [0.15, 0.2) is 0 Å². The van der Waals surface area contributed by atoms with Gasteiger partial charge in [-0.25, -0.2) is 0 Å². The lowest BCUT2D eigenvalue weighted by Crippen LogP contribution is -2.20. The van der Waals surface area contributed by atoms with Crippen LogP contribution in [0.4, 0.5) is 0 Å². The highest BCUT2D eigenvalue weighted by atomic mass is 16.5. The van der Waals surface area contributed by atoms with Crippen LogP contribution >= 0.6 is 0 Å². The van der Waals surface area contributed by atoms with Gasteiger partial charge < -0.3 is 10.1 Å². The van der Waals surface area contributed by atoms with Crippen molar-refractivity contribution >= 4 is 11.9 Å². The highest BCUT2D eigenvalue weighted by molar-refractivity contribution is 5.72. The van der Waals surface area contributed by atoms with Crippen molar-refractivity contribution < 1.29 is 14.3 Å². The summed E-state index contributed by atoms with van der Waals surface area (Å²) >= 11 is 0. The molecule has 0 aromatic carbocycles. The van der Waals surface area contributed by atoms with Gasteiger partial charge in [-0.15, -0.1) is 0 Å². The van der Waals surface area contributed by atoms with Gasteiger partial charge in [-0.1, -0.05) is 39.5 Å². The van der Waals surface area contributed by atoms with Gasteiger partial charge in [0.25, 0.3) is 0 Å². The fraction of sp³-hybridized carbons (Fsp3) is 0.875. The van der Waals surface area contributed by atoms with Crippen molar-refractivity contribution in [3.8, 4) is 0 Å². The maximum absolute atomic E-state index is 11.7. The summed E-state index contributed by atoms with van der Waals surface area (Å²) in [5, 5.41) is 2.77. The molecule has 0 saturated carbocycles. The van der Waals surface area contributed by atoms with E-state index in [1.165, 1.54) is 6.92 Å². The quantitative estimate of drug-likeness (QED) is 0.440. The van der Waals surface area contributed by atoms with Crippen LogP contribution in [-0.2, 0) is 14.3 Å². The van der Waals surface area contributed by atoms with Crippen molar-refractivity contribution in [2.24, 2.45) is 0 Å². The Balaban J connectivity index is 3.49. The fourth-order valence-electron chi connectivity index (χ4n) is 2.04. The summed E-state index contributed by atoms with van der Waals surface area (Å²) in [6, 6.07) is 0. The summed E-state index contributed by atoms with van der Waals surface area (Å²) in [7, 11) is 0. The van der Waals surface area contributed by atoms with E-state index in [9.17, 15) is 9.59 Å². The molecule has 0 aliphatic heterocycles. The van der Waals surface area contributed by atoms with Crippen molar-refractivity contribution in [3.63, 3.8) is 0 Å². The Bertz CT molecular complexity index is 266. The van der Waals surface area contributed by atoms with Gasteiger partial charge in [0, 0.05) is 19.9 Å². The zero-order chi connectivity index (χ0) is 15.2. The van der Waals surface area contributed by atoms with Crippen LogP contribution in [0, 0.1) is 0 Å². The summed E-state index contributed by atoms with van der Waals surface area (Å²) in [5.41, 5.74) is 0. The second kappa shape index (κ2) is 12.9.